The zero-order valence-electron chi connectivity index (χ0n) is 13.0. The molecule has 1 aliphatic heterocycles. The fourth-order valence-electron chi connectivity index (χ4n) is 2.73. The highest BCUT2D eigenvalue weighted by Gasteiger charge is 2.18. The molecule has 4 nitrogen and oxygen atoms in total. The third-order valence-corrected chi connectivity index (χ3v) is 4.88. The number of rotatable bonds is 6. The summed E-state index contributed by atoms with van der Waals surface area (Å²) in [4.78, 5) is 32.6. The third kappa shape index (κ3) is 3.79. The van der Waals surface area contributed by atoms with Crippen molar-refractivity contribution in [2.45, 2.75) is 39.0 Å². The van der Waals surface area contributed by atoms with Gasteiger partial charge < -0.3 is 0 Å². The first-order valence-corrected chi connectivity index (χ1v) is 8.65. The first-order chi connectivity index (χ1) is 11.1. The Morgan fingerprint density at radius 2 is 2.09 bits per heavy atom. The van der Waals surface area contributed by atoms with Crippen LogP contribution in [0.15, 0.2) is 34.6 Å². The van der Waals surface area contributed by atoms with E-state index in [0.29, 0.717) is 17.4 Å². The first-order valence-electron chi connectivity index (χ1n) is 7.77. The summed E-state index contributed by atoms with van der Waals surface area (Å²) in [7, 11) is 0. The Kier molecular flexibility index (Phi) is 4.76. The second-order valence-electron chi connectivity index (χ2n) is 5.69. The maximum Gasteiger partial charge on any atom is 0.250 e. The maximum absolute atomic E-state index is 12.5. The van der Waals surface area contributed by atoms with Crippen LogP contribution in [0.25, 0.3) is 5.57 Å². The van der Waals surface area contributed by atoms with Crippen molar-refractivity contribution in [3.63, 3.8) is 0 Å². The molecule has 0 atom stereocenters. The SMILES string of the molecule is Cc1csc(CCCCC(=O)C2=c3ccccc3=NC(=O)C2)n1. The number of amides is 1. The predicted octanol–water partition coefficient (Wildman–Crippen LogP) is 2.13. The van der Waals surface area contributed by atoms with Crippen LogP contribution in [0.1, 0.15) is 36.4 Å². The largest absolute Gasteiger partial charge is 0.295 e. The molecule has 23 heavy (non-hydrogen) atoms. The van der Waals surface area contributed by atoms with E-state index < -0.39 is 0 Å². The van der Waals surface area contributed by atoms with Crippen molar-refractivity contribution in [2.75, 3.05) is 0 Å². The van der Waals surface area contributed by atoms with Gasteiger partial charge in [0.2, 0.25) is 0 Å². The molecule has 2 aromatic rings. The quantitative estimate of drug-likeness (QED) is 0.764. The molecule has 1 aromatic carbocycles. The van der Waals surface area contributed by atoms with E-state index >= 15 is 0 Å². The fourth-order valence-corrected chi connectivity index (χ4v) is 3.54. The highest BCUT2D eigenvalue weighted by molar-refractivity contribution is 7.09. The number of hydrogen-bond acceptors (Lipinski definition) is 4. The molecule has 0 saturated carbocycles. The molecule has 0 bridgehead atoms. The standard InChI is InChI=1S/C18H18N2O2S/c1-12-11-23-18(19-12)9-5-4-8-16(21)14-10-17(22)20-15-7-3-2-6-13(14)15/h2-3,6-7,11H,4-5,8-10H2,1H3. The Balaban J connectivity index is 1.64. The van der Waals surface area contributed by atoms with Gasteiger partial charge in [0, 0.05) is 28.3 Å². The van der Waals surface area contributed by atoms with Gasteiger partial charge >= 0.3 is 0 Å². The molecule has 0 aliphatic carbocycles. The van der Waals surface area contributed by atoms with Crippen LogP contribution in [-0.4, -0.2) is 16.7 Å². The van der Waals surface area contributed by atoms with Crippen molar-refractivity contribution in [1.29, 1.82) is 0 Å². The van der Waals surface area contributed by atoms with E-state index in [-0.39, 0.29) is 18.1 Å². The summed E-state index contributed by atoms with van der Waals surface area (Å²) in [6, 6.07) is 7.36. The molecule has 1 amide bonds. The molecule has 5 heteroatoms. The second kappa shape index (κ2) is 6.96. The molecule has 118 valence electrons. The van der Waals surface area contributed by atoms with Crippen LogP contribution in [0.4, 0.5) is 0 Å². The number of ketones is 1. The summed E-state index contributed by atoms with van der Waals surface area (Å²) < 4.78 is 0. The highest BCUT2D eigenvalue weighted by atomic mass is 32.1. The minimum atomic E-state index is -0.231. The van der Waals surface area contributed by atoms with Gasteiger partial charge in [-0.1, -0.05) is 18.2 Å². The normalized spacial score (nSPS) is 13.6. The van der Waals surface area contributed by atoms with E-state index in [2.05, 4.69) is 9.98 Å². The zero-order valence-corrected chi connectivity index (χ0v) is 13.9. The number of carbonyl (C=O) groups excluding carboxylic acids is 2. The monoisotopic (exact) mass is 326 g/mol. The van der Waals surface area contributed by atoms with Gasteiger partial charge in [-0.15, -0.1) is 11.3 Å². The summed E-state index contributed by atoms with van der Waals surface area (Å²) in [5.74, 6) is -0.165. The van der Waals surface area contributed by atoms with Gasteiger partial charge in [0.05, 0.1) is 16.8 Å². The minimum Gasteiger partial charge on any atom is -0.295 e. The van der Waals surface area contributed by atoms with Crippen molar-refractivity contribution >= 4 is 28.6 Å². The number of fused-ring (bicyclic) bond motifs is 1. The number of Topliss-reactive ketones (excluding diaryl/α,β-unsaturated/α-hetero) is 1. The van der Waals surface area contributed by atoms with E-state index in [1.54, 1.807) is 17.4 Å². The molecule has 2 heterocycles. The van der Waals surface area contributed by atoms with Crippen LogP contribution in [0.2, 0.25) is 0 Å². The molecule has 0 radical (unpaired) electrons. The van der Waals surface area contributed by atoms with Crippen molar-refractivity contribution < 1.29 is 9.59 Å². The van der Waals surface area contributed by atoms with Gasteiger partial charge in [0.15, 0.2) is 5.78 Å². The summed E-state index contributed by atoms with van der Waals surface area (Å²) >= 11 is 1.67. The molecule has 1 aromatic heterocycles. The number of hydrogen-bond donors (Lipinski definition) is 0. The van der Waals surface area contributed by atoms with E-state index in [1.807, 2.05) is 30.5 Å². The number of aryl methyl sites for hydroxylation is 2. The van der Waals surface area contributed by atoms with Gasteiger partial charge in [-0.3, -0.25) is 9.59 Å². The number of carbonyl (C=O) groups is 2. The Labute approximate surface area is 138 Å². The maximum atomic E-state index is 12.5. The molecule has 0 saturated heterocycles. The van der Waals surface area contributed by atoms with E-state index in [4.69, 9.17) is 0 Å². The Bertz CT molecular complexity index is 867. The van der Waals surface area contributed by atoms with E-state index in [0.717, 1.165) is 35.2 Å². The van der Waals surface area contributed by atoms with Crippen LogP contribution in [0.5, 0.6) is 0 Å². The number of para-hydroxylation sites is 1. The lowest BCUT2D eigenvalue weighted by Gasteiger charge is -2.08. The smallest absolute Gasteiger partial charge is 0.250 e. The Morgan fingerprint density at radius 1 is 1.26 bits per heavy atom. The number of aromatic nitrogens is 1. The van der Waals surface area contributed by atoms with Crippen molar-refractivity contribution in [1.82, 2.24) is 4.98 Å². The third-order valence-electron chi connectivity index (χ3n) is 3.85. The first kappa shape index (κ1) is 15.7. The number of nitrogens with zero attached hydrogens (tertiary/aromatic N) is 2. The molecule has 3 rings (SSSR count). The number of benzene rings is 1. The van der Waals surface area contributed by atoms with E-state index in [9.17, 15) is 9.59 Å². The topological polar surface area (TPSA) is 59.4 Å². The molecule has 0 spiro atoms. The predicted molar refractivity (Wildman–Crippen MR) is 89.7 cm³/mol. The van der Waals surface area contributed by atoms with Crippen LogP contribution in [-0.2, 0) is 16.0 Å². The lowest BCUT2D eigenvalue weighted by atomic mass is 9.97. The van der Waals surface area contributed by atoms with Crippen LogP contribution in [0, 0.1) is 6.92 Å². The van der Waals surface area contributed by atoms with Gasteiger partial charge in [0.25, 0.3) is 5.91 Å². The second-order valence-corrected chi connectivity index (χ2v) is 6.63. The van der Waals surface area contributed by atoms with Crippen LogP contribution >= 0.6 is 11.3 Å². The molecule has 1 aliphatic rings. The lowest BCUT2D eigenvalue weighted by Crippen LogP contribution is -2.34. The summed E-state index contributed by atoms with van der Waals surface area (Å²) in [6.07, 6.45) is 3.26. The number of thiazole rings is 1. The minimum absolute atomic E-state index is 0.0658. The highest BCUT2D eigenvalue weighted by Crippen LogP contribution is 2.15. The molecular formula is C18H18N2O2S. The lowest BCUT2D eigenvalue weighted by molar-refractivity contribution is -0.119. The summed E-state index contributed by atoms with van der Waals surface area (Å²) in [5.41, 5.74) is 1.67. The van der Waals surface area contributed by atoms with Gasteiger partial charge in [-0.2, -0.15) is 0 Å². The van der Waals surface area contributed by atoms with Crippen LogP contribution < -0.4 is 10.6 Å². The van der Waals surface area contributed by atoms with Crippen molar-refractivity contribution in [2.24, 2.45) is 4.99 Å². The van der Waals surface area contributed by atoms with Gasteiger partial charge in [-0.05, 0) is 32.3 Å². The molecule has 0 unspecified atom stereocenters. The Morgan fingerprint density at radius 3 is 2.87 bits per heavy atom. The summed E-state index contributed by atoms with van der Waals surface area (Å²) in [6.45, 7) is 1.99. The fraction of sp³-hybridized carbons (Fsp3) is 0.333. The number of unbranched alkanes of at least 4 members (excludes halogenated alkanes) is 1. The van der Waals surface area contributed by atoms with Gasteiger partial charge in [-0.25, -0.2) is 9.98 Å². The summed E-state index contributed by atoms with van der Waals surface area (Å²) in [5, 5.41) is 4.60. The Hall–Kier alpha value is -2.14. The zero-order chi connectivity index (χ0) is 16.2. The van der Waals surface area contributed by atoms with E-state index in [1.165, 1.54) is 0 Å². The molecule has 0 N–H and O–H groups in total. The van der Waals surface area contributed by atoms with Gasteiger partial charge in [0.1, 0.15) is 0 Å². The van der Waals surface area contributed by atoms with Crippen molar-refractivity contribution in [3.8, 4) is 0 Å². The van der Waals surface area contributed by atoms with Crippen LogP contribution in [0.3, 0.4) is 0 Å². The van der Waals surface area contributed by atoms with Crippen molar-refractivity contribution in [3.05, 3.63) is 50.9 Å². The molecule has 0 fully saturated rings. The average Bonchev–Trinajstić information content (AvgIpc) is 2.96. The average molecular weight is 326 g/mol. The molecular weight excluding hydrogens is 308 g/mol.